The summed E-state index contributed by atoms with van der Waals surface area (Å²) < 4.78 is 8.26. The van der Waals surface area contributed by atoms with E-state index in [4.69, 9.17) is 10.2 Å². The van der Waals surface area contributed by atoms with Gasteiger partial charge >= 0.3 is 0 Å². The first-order valence-corrected chi connectivity index (χ1v) is 6.39. The van der Waals surface area contributed by atoms with Crippen molar-refractivity contribution >= 4 is 27.0 Å². The Balaban J connectivity index is 2.22. The molecule has 0 unspecified atom stereocenters. The molecule has 0 aliphatic heterocycles. The second kappa shape index (κ2) is 4.26. The highest BCUT2D eigenvalue weighted by atomic mass is 79.9. The maximum absolute atomic E-state index is 5.64. The van der Waals surface area contributed by atoms with Gasteiger partial charge in [-0.25, -0.2) is 4.98 Å². The molecular formula is C13H12BrN3O. The summed E-state index contributed by atoms with van der Waals surface area (Å²) in [5.74, 6) is 1.56. The lowest BCUT2D eigenvalue weighted by Gasteiger charge is -1.99. The van der Waals surface area contributed by atoms with Gasteiger partial charge in [0.05, 0.1) is 11.0 Å². The molecule has 18 heavy (non-hydrogen) atoms. The van der Waals surface area contributed by atoms with E-state index >= 15 is 0 Å². The molecule has 0 bridgehead atoms. The minimum absolute atomic E-state index is 0.522. The standard InChI is InChI=1S/C13H12BrN3O/c1-17-10-3-2-8(7-15)6-9(10)16-13(17)11-4-5-12(14)18-11/h2-6H,7,15H2,1H3. The highest BCUT2D eigenvalue weighted by Crippen LogP contribution is 2.27. The SMILES string of the molecule is Cn1c(-c2ccc(Br)o2)nc2cc(CN)ccc21. The zero-order chi connectivity index (χ0) is 12.7. The third kappa shape index (κ3) is 1.76. The summed E-state index contributed by atoms with van der Waals surface area (Å²) in [7, 11) is 1.98. The Morgan fingerprint density at radius 3 is 2.83 bits per heavy atom. The van der Waals surface area contributed by atoms with Crippen molar-refractivity contribution in [1.29, 1.82) is 0 Å². The molecule has 0 amide bonds. The Morgan fingerprint density at radius 2 is 2.17 bits per heavy atom. The summed E-state index contributed by atoms with van der Waals surface area (Å²) in [5.41, 5.74) is 8.72. The maximum atomic E-state index is 5.64. The minimum atomic E-state index is 0.522. The molecule has 0 radical (unpaired) electrons. The van der Waals surface area contributed by atoms with Gasteiger partial charge in [-0.2, -0.15) is 0 Å². The van der Waals surface area contributed by atoms with Gasteiger partial charge in [0.25, 0.3) is 0 Å². The molecule has 0 saturated carbocycles. The van der Waals surface area contributed by atoms with Crippen LogP contribution in [-0.2, 0) is 13.6 Å². The van der Waals surface area contributed by atoms with Gasteiger partial charge < -0.3 is 14.7 Å². The molecule has 0 saturated heterocycles. The Bertz CT molecular complexity index is 714. The van der Waals surface area contributed by atoms with Crippen molar-refractivity contribution in [3.63, 3.8) is 0 Å². The lowest BCUT2D eigenvalue weighted by molar-refractivity contribution is 0.549. The molecule has 1 aromatic carbocycles. The largest absolute Gasteiger partial charge is 0.446 e. The number of aromatic nitrogens is 2. The number of rotatable bonds is 2. The number of nitrogens with two attached hydrogens (primary N) is 1. The molecule has 0 spiro atoms. The van der Waals surface area contributed by atoms with E-state index in [1.165, 1.54) is 0 Å². The quantitative estimate of drug-likeness (QED) is 0.791. The van der Waals surface area contributed by atoms with Crippen LogP contribution in [0.5, 0.6) is 0 Å². The molecule has 2 N–H and O–H groups in total. The Kier molecular flexibility index (Phi) is 2.72. The number of furan rings is 1. The van der Waals surface area contributed by atoms with Crippen LogP contribution in [0.4, 0.5) is 0 Å². The van der Waals surface area contributed by atoms with Crippen molar-refractivity contribution in [2.24, 2.45) is 12.8 Å². The fourth-order valence-electron chi connectivity index (χ4n) is 2.03. The number of fused-ring (bicyclic) bond motifs is 1. The molecule has 3 rings (SSSR count). The third-order valence-corrected chi connectivity index (χ3v) is 3.40. The summed E-state index contributed by atoms with van der Waals surface area (Å²) in [5, 5.41) is 0. The van der Waals surface area contributed by atoms with Gasteiger partial charge in [0.15, 0.2) is 16.3 Å². The van der Waals surface area contributed by atoms with E-state index in [0.717, 1.165) is 28.2 Å². The summed E-state index contributed by atoms with van der Waals surface area (Å²) in [6.07, 6.45) is 0. The Labute approximate surface area is 113 Å². The zero-order valence-corrected chi connectivity index (χ0v) is 11.4. The molecule has 0 fully saturated rings. The van der Waals surface area contributed by atoms with Gasteiger partial charge in [-0.15, -0.1) is 0 Å². The van der Waals surface area contributed by atoms with E-state index in [9.17, 15) is 0 Å². The van der Waals surface area contributed by atoms with Crippen LogP contribution in [0.1, 0.15) is 5.56 Å². The number of halogens is 1. The minimum Gasteiger partial charge on any atom is -0.446 e. The van der Waals surface area contributed by atoms with E-state index in [-0.39, 0.29) is 0 Å². The molecule has 92 valence electrons. The van der Waals surface area contributed by atoms with Gasteiger partial charge in [0, 0.05) is 13.6 Å². The van der Waals surface area contributed by atoms with Crippen LogP contribution in [0.15, 0.2) is 39.4 Å². The fraction of sp³-hybridized carbons (Fsp3) is 0.154. The summed E-state index contributed by atoms with van der Waals surface area (Å²) in [6, 6.07) is 9.82. The van der Waals surface area contributed by atoms with Gasteiger partial charge in [0.1, 0.15) is 0 Å². The second-order valence-electron chi connectivity index (χ2n) is 4.13. The Hall–Kier alpha value is -1.59. The average molecular weight is 306 g/mol. The first-order valence-electron chi connectivity index (χ1n) is 5.60. The van der Waals surface area contributed by atoms with Crippen molar-refractivity contribution in [1.82, 2.24) is 9.55 Å². The van der Waals surface area contributed by atoms with Crippen LogP contribution in [0.2, 0.25) is 0 Å². The molecule has 0 atom stereocenters. The van der Waals surface area contributed by atoms with Crippen molar-refractivity contribution in [3.8, 4) is 11.6 Å². The van der Waals surface area contributed by atoms with Gasteiger partial charge in [-0.05, 0) is 45.8 Å². The lowest BCUT2D eigenvalue weighted by Crippen LogP contribution is -1.95. The number of imidazole rings is 1. The normalized spacial score (nSPS) is 11.3. The number of nitrogens with zero attached hydrogens (tertiary/aromatic N) is 2. The predicted molar refractivity (Wildman–Crippen MR) is 74.0 cm³/mol. The van der Waals surface area contributed by atoms with Crippen LogP contribution in [0, 0.1) is 0 Å². The first-order chi connectivity index (χ1) is 8.69. The molecule has 2 heterocycles. The fourth-order valence-corrected chi connectivity index (χ4v) is 2.33. The van der Waals surface area contributed by atoms with Gasteiger partial charge in [-0.1, -0.05) is 6.07 Å². The smallest absolute Gasteiger partial charge is 0.177 e. The number of hydrogen-bond acceptors (Lipinski definition) is 3. The highest BCUT2D eigenvalue weighted by molar-refractivity contribution is 9.10. The number of hydrogen-bond donors (Lipinski definition) is 1. The van der Waals surface area contributed by atoms with E-state index in [1.807, 2.05) is 41.9 Å². The lowest BCUT2D eigenvalue weighted by atomic mass is 10.2. The predicted octanol–water partition coefficient (Wildman–Crippen LogP) is 3.05. The summed E-state index contributed by atoms with van der Waals surface area (Å²) in [4.78, 5) is 4.60. The second-order valence-corrected chi connectivity index (χ2v) is 4.91. The van der Waals surface area contributed by atoms with Crippen molar-refractivity contribution in [3.05, 3.63) is 40.6 Å². The zero-order valence-electron chi connectivity index (χ0n) is 9.85. The van der Waals surface area contributed by atoms with Crippen molar-refractivity contribution in [2.45, 2.75) is 6.54 Å². The maximum Gasteiger partial charge on any atom is 0.177 e. The molecular weight excluding hydrogens is 294 g/mol. The van der Waals surface area contributed by atoms with E-state index in [2.05, 4.69) is 20.9 Å². The molecule has 2 aromatic heterocycles. The van der Waals surface area contributed by atoms with E-state index in [0.29, 0.717) is 11.2 Å². The van der Waals surface area contributed by atoms with E-state index < -0.39 is 0 Å². The van der Waals surface area contributed by atoms with Gasteiger partial charge in [-0.3, -0.25) is 0 Å². The van der Waals surface area contributed by atoms with Crippen LogP contribution in [-0.4, -0.2) is 9.55 Å². The van der Waals surface area contributed by atoms with Crippen LogP contribution >= 0.6 is 15.9 Å². The molecule has 0 aliphatic rings. The van der Waals surface area contributed by atoms with Crippen molar-refractivity contribution < 1.29 is 4.42 Å². The molecule has 3 aromatic rings. The first kappa shape index (κ1) is 11.5. The molecule has 0 aliphatic carbocycles. The summed E-state index contributed by atoms with van der Waals surface area (Å²) in [6.45, 7) is 0.522. The Morgan fingerprint density at radius 1 is 1.33 bits per heavy atom. The average Bonchev–Trinajstić information content (AvgIpc) is 2.93. The third-order valence-electron chi connectivity index (χ3n) is 2.97. The van der Waals surface area contributed by atoms with Crippen LogP contribution < -0.4 is 5.73 Å². The monoisotopic (exact) mass is 305 g/mol. The van der Waals surface area contributed by atoms with E-state index in [1.54, 1.807) is 0 Å². The van der Waals surface area contributed by atoms with Gasteiger partial charge in [0.2, 0.25) is 0 Å². The summed E-state index contributed by atoms with van der Waals surface area (Å²) >= 11 is 3.30. The molecule has 4 nitrogen and oxygen atoms in total. The number of benzene rings is 1. The van der Waals surface area contributed by atoms with Crippen molar-refractivity contribution in [2.75, 3.05) is 0 Å². The van der Waals surface area contributed by atoms with Crippen LogP contribution in [0.25, 0.3) is 22.6 Å². The highest BCUT2D eigenvalue weighted by Gasteiger charge is 2.13. The number of aryl methyl sites for hydroxylation is 1. The topological polar surface area (TPSA) is 57.0 Å². The van der Waals surface area contributed by atoms with Crippen LogP contribution in [0.3, 0.4) is 0 Å². The molecule has 5 heteroatoms.